The molecule has 0 unspecified atom stereocenters. The van der Waals surface area contributed by atoms with Crippen molar-refractivity contribution in [2.75, 3.05) is 0 Å². The molecule has 0 fully saturated rings. The van der Waals surface area contributed by atoms with Crippen molar-refractivity contribution in [3.05, 3.63) is 40.6 Å². The molecule has 0 bridgehead atoms. The first-order valence-electron chi connectivity index (χ1n) is 4.03. The number of hydrogen-bond donors (Lipinski definition) is 1. The van der Waals surface area contributed by atoms with E-state index in [1.807, 2.05) is 0 Å². The lowest BCUT2D eigenvalue weighted by Crippen LogP contribution is -2.10. The van der Waals surface area contributed by atoms with Crippen molar-refractivity contribution >= 4 is 17.2 Å². The van der Waals surface area contributed by atoms with Gasteiger partial charge in [-0.2, -0.15) is 13.2 Å². The van der Waals surface area contributed by atoms with Crippen LogP contribution in [-0.4, -0.2) is 11.3 Å². The first-order chi connectivity index (χ1) is 6.84. The summed E-state index contributed by atoms with van der Waals surface area (Å²) < 4.78 is 37.2. The van der Waals surface area contributed by atoms with Crippen LogP contribution in [0.5, 0.6) is 0 Å². The molecule has 0 amide bonds. The van der Waals surface area contributed by atoms with Crippen LogP contribution in [0.2, 0.25) is 5.02 Å². The van der Waals surface area contributed by atoms with E-state index in [9.17, 15) is 13.2 Å². The van der Waals surface area contributed by atoms with Crippen LogP contribution in [0.4, 0.5) is 13.2 Å². The third-order valence-electron chi connectivity index (χ3n) is 1.79. The van der Waals surface area contributed by atoms with Gasteiger partial charge < -0.3 is 5.11 Å². The van der Waals surface area contributed by atoms with E-state index >= 15 is 0 Å². The normalized spacial score (nSPS) is 13.0. The van der Waals surface area contributed by atoms with Crippen LogP contribution in [-0.2, 0) is 0 Å². The number of aryl methyl sites for hydroxylation is 1. The van der Waals surface area contributed by atoms with Crippen molar-refractivity contribution < 1.29 is 18.3 Å². The van der Waals surface area contributed by atoms with Gasteiger partial charge in [-0.15, -0.1) is 0 Å². The second kappa shape index (κ2) is 4.14. The molecule has 0 aliphatic carbocycles. The van der Waals surface area contributed by atoms with E-state index in [4.69, 9.17) is 16.7 Å². The summed E-state index contributed by atoms with van der Waals surface area (Å²) in [6.45, 7) is 1.63. The van der Waals surface area contributed by atoms with Crippen LogP contribution >= 0.6 is 11.6 Å². The van der Waals surface area contributed by atoms with Gasteiger partial charge in [0.25, 0.3) is 0 Å². The Kier molecular flexibility index (Phi) is 3.29. The highest BCUT2D eigenvalue weighted by Crippen LogP contribution is 2.34. The Hall–Kier alpha value is -1.16. The molecule has 1 nitrogen and oxygen atoms in total. The molecule has 0 heterocycles. The molecule has 0 saturated heterocycles. The Morgan fingerprint density at radius 2 is 1.93 bits per heavy atom. The van der Waals surface area contributed by atoms with Crippen LogP contribution in [0.1, 0.15) is 11.1 Å². The largest absolute Gasteiger partial charge is 0.515 e. The van der Waals surface area contributed by atoms with Crippen molar-refractivity contribution in [2.45, 2.75) is 13.1 Å². The van der Waals surface area contributed by atoms with Gasteiger partial charge in [0, 0.05) is 5.02 Å². The highest BCUT2D eigenvalue weighted by molar-refractivity contribution is 6.30. The topological polar surface area (TPSA) is 20.2 Å². The molecule has 15 heavy (non-hydrogen) atoms. The fraction of sp³-hybridized carbons (Fsp3) is 0.200. The Morgan fingerprint density at radius 3 is 2.33 bits per heavy atom. The summed E-state index contributed by atoms with van der Waals surface area (Å²) in [5.74, 6) is 0. The zero-order valence-electron chi connectivity index (χ0n) is 7.77. The van der Waals surface area contributed by atoms with Gasteiger partial charge in [0.1, 0.15) is 0 Å². The zero-order valence-corrected chi connectivity index (χ0v) is 8.52. The average molecular weight is 237 g/mol. The van der Waals surface area contributed by atoms with Gasteiger partial charge in [-0.25, -0.2) is 0 Å². The summed E-state index contributed by atoms with van der Waals surface area (Å²) in [4.78, 5) is 0. The maximum absolute atomic E-state index is 12.4. The quantitative estimate of drug-likeness (QED) is 0.728. The summed E-state index contributed by atoms with van der Waals surface area (Å²) in [6.07, 6.45) is -4.54. The first kappa shape index (κ1) is 11.9. The molecule has 1 N–H and O–H groups in total. The number of aliphatic hydroxyl groups excluding tert-OH is 1. The average Bonchev–Trinajstić information content (AvgIpc) is 1.99. The summed E-state index contributed by atoms with van der Waals surface area (Å²) in [7, 11) is 0. The Morgan fingerprint density at radius 1 is 1.33 bits per heavy atom. The second-order valence-corrected chi connectivity index (χ2v) is 3.49. The minimum atomic E-state index is -4.59. The number of benzene rings is 1. The molecule has 0 spiro atoms. The number of rotatable bonds is 1. The van der Waals surface area contributed by atoms with Gasteiger partial charge in [-0.1, -0.05) is 17.7 Å². The molecule has 0 aliphatic heterocycles. The van der Waals surface area contributed by atoms with E-state index in [0.717, 1.165) is 6.07 Å². The van der Waals surface area contributed by atoms with Crippen LogP contribution < -0.4 is 0 Å². The van der Waals surface area contributed by atoms with Gasteiger partial charge >= 0.3 is 6.18 Å². The van der Waals surface area contributed by atoms with Gasteiger partial charge in [0.2, 0.25) is 0 Å². The van der Waals surface area contributed by atoms with E-state index in [1.54, 1.807) is 6.92 Å². The summed E-state index contributed by atoms with van der Waals surface area (Å²) in [5.41, 5.74) is -0.649. The van der Waals surface area contributed by atoms with Crippen molar-refractivity contribution in [2.24, 2.45) is 0 Å². The van der Waals surface area contributed by atoms with Crippen LogP contribution in [0.3, 0.4) is 0 Å². The SMILES string of the molecule is Cc1cc(Cl)cc(/C(=C/O)C(F)(F)F)c1. The molecule has 1 aromatic rings. The Labute approximate surface area is 89.8 Å². The van der Waals surface area contributed by atoms with Crippen molar-refractivity contribution in [1.82, 2.24) is 0 Å². The first-order valence-corrected chi connectivity index (χ1v) is 4.41. The van der Waals surface area contributed by atoms with Crippen molar-refractivity contribution in [1.29, 1.82) is 0 Å². The van der Waals surface area contributed by atoms with Gasteiger partial charge in [0.05, 0.1) is 11.8 Å². The molecular formula is C10H8ClF3O. The van der Waals surface area contributed by atoms with Crippen molar-refractivity contribution in [3.8, 4) is 0 Å². The van der Waals surface area contributed by atoms with E-state index < -0.39 is 11.7 Å². The second-order valence-electron chi connectivity index (χ2n) is 3.06. The monoisotopic (exact) mass is 236 g/mol. The molecule has 0 aliphatic rings. The number of hydrogen-bond acceptors (Lipinski definition) is 1. The number of allylic oxidation sites excluding steroid dienone is 1. The standard InChI is InChI=1S/C10H8ClF3O/c1-6-2-7(4-8(11)3-6)9(5-15)10(12,13)14/h2-5,15H,1H3/b9-5-. The molecule has 0 radical (unpaired) electrons. The van der Waals surface area contributed by atoms with E-state index in [0.29, 0.717) is 5.56 Å². The zero-order chi connectivity index (χ0) is 11.6. The lowest BCUT2D eigenvalue weighted by Gasteiger charge is -2.11. The predicted octanol–water partition coefficient (Wildman–Crippen LogP) is 4.11. The smallest absolute Gasteiger partial charge is 0.419 e. The lowest BCUT2D eigenvalue weighted by molar-refractivity contribution is -0.0698. The van der Waals surface area contributed by atoms with Gasteiger partial charge in [-0.3, -0.25) is 0 Å². The van der Waals surface area contributed by atoms with Gasteiger partial charge in [-0.05, 0) is 30.2 Å². The molecule has 0 saturated carbocycles. The summed E-state index contributed by atoms with van der Waals surface area (Å²) in [6, 6.07) is 4.00. The van der Waals surface area contributed by atoms with Crippen LogP contribution in [0.15, 0.2) is 24.5 Å². The summed E-state index contributed by atoms with van der Waals surface area (Å²) in [5, 5.41) is 8.77. The maximum Gasteiger partial charge on any atom is 0.419 e. The van der Waals surface area contributed by atoms with Crippen LogP contribution in [0.25, 0.3) is 5.57 Å². The summed E-state index contributed by atoms with van der Waals surface area (Å²) >= 11 is 5.63. The molecule has 1 aromatic carbocycles. The maximum atomic E-state index is 12.4. The fourth-order valence-corrected chi connectivity index (χ4v) is 1.49. The predicted molar refractivity (Wildman–Crippen MR) is 52.8 cm³/mol. The molecule has 5 heteroatoms. The van der Waals surface area contributed by atoms with E-state index in [1.165, 1.54) is 12.1 Å². The Bertz CT molecular complexity index is 376. The molecule has 0 atom stereocenters. The highest BCUT2D eigenvalue weighted by atomic mass is 35.5. The van der Waals surface area contributed by atoms with E-state index in [-0.39, 0.29) is 16.8 Å². The number of alkyl halides is 3. The van der Waals surface area contributed by atoms with Crippen LogP contribution in [0, 0.1) is 6.92 Å². The molecule has 82 valence electrons. The molecular weight excluding hydrogens is 229 g/mol. The fourth-order valence-electron chi connectivity index (χ4n) is 1.20. The number of aliphatic hydroxyl groups is 1. The highest BCUT2D eigenvalue weighted by Gasteiger charge is 2.35. The molecule has 1 rings (SSSR count). The lowest BCUT2D eigenvalue weighted by atomic mass is 10.0. The number of halogens is 4. The Balaban J connectivity index is 3.26. The van der Waals surface area contributed by atoms with Crippen molar-refractivity contribution in [3.63, 3.8) is 0 Å². The third kappa shape index (κ3) is 2.89. The van der Waals surface area contributed by atoms with E-state index in [2.05, 4.69) is 0 Å². The van der Waals surface area contributed by atoms with Gasteiger partial charge in [0.15, 0.2) is 0 Å². The minimum absolute atomic E-state index is 0.0467. The third-order valence-corrected chi connectivity index (χ3v) is 2.01. The minimum Gasteiger partial charge on any atom is -0.515 e. The molecule has 0 aromatic heterocycles.